The maximum atomic E-state index is 2.53. The third kappa shape index (κ3) is 11.9. The van der Waals surface area contributed by atoms with Gasteiger partial charge in [0, 0.05) is 48.8 Å². The molecule has 6 heteroatoms. The highest BCUT2D eigenvalue weighted by molar-refractivity contribution is 7.28. The van der Waals surface area contributed by atoms with Crippen LogP contribution in [0.5, 0.6) is 0 Å². The Balaban J connectivity index is 1.05. The minimum atomic E-state index is 1.15. The van der Waals surface area contributed by atoms with Crippen molar-refractivity contribution in [2.24, 2.45) is 0 Å². The topological polar surface area (TPSA) is 0 Å². The van der Waals surface area contributed by atoms with Crippen molar-refractivity contribution in [3.05, 3.63) is 118 Å². The van der Waals surface area contributed by atoms with E-state index in [4.69, 9.17) is 0 Å². The van der Waals surface area contributed by atoms with Crippen molar-refractivity contribution >= 4 is 78.8 Å². The van der Waals surface area contributed by atoms with Crippen LogP contribution in [0, 0.1) is 0 Å². The smallest absolute Gasteiger partial charge is 0.0481 e. The summed E-state index contributed by atoms with van der Waals surface area (Å²) in [5.74, 6) is 0. The number of benzene rings is 2. The van der Waals surface area contributed by atoms with E-state index in [0.717, 1.165) is 12.8 Å². The van der Waals surface area contributed by atoms with Crippen LogP contribution in [0.15, 0.2) is 95.7 Å². The third-order valence-electron chi connectivity index (χ3n) is 12.8. The molecule has 8 rings (SSSR count). The molecule has 0 atom stereocenters. The molecule has 0 unspecified atom stereocenters. The van der Waals surface area contributed by atoms with Gasteiger partial charge in [-0.15, -0.1) is 68.0 Å². The number of aryl methyl sites for hydroxylation is 4. The molecule has 0 aliphatic carbocycles. The number of hydrogen-bond donors (Lipinski definition) is 0. The van der Waals surface area contributed by atoms with Crippen molar-refractivity contribution in [3.8, 4) is 59.9 Å². The van der Waals surface area contributed by atoms with Crippen LogP contribution in [0.2, 0.25) is 0 Å². The van der Waals surface area contributed by atoms with Crippen molar-refractivity contribution < 1.29 is 0 Å². The fraction of sp³-hybridized carbons (Fsp3) is 0.414. The Labute approximate surface area is 409 Å². The lowest BCUT2D eigenvalue weighted by Crippen LogP contribution is -1.85. The van der Waals surface area contributed by atoms with Crippen LogP contribution >= 0.6 is 68.0 Å². The van der Waals surface area contributed by atoms with Gasteiger partial charge in [0.2, 0.25) is 0 Å². The van der Waals surface area contributed by atoms with Gasteiger partial charge in [0.25, 0.3) is 0 Å². The number of hydrogen-bond acceptors (Lipinski definition) is 6. The monoisotopic (exact) mass is 956 g/mol. The summed E-state index contributed by atoms with van der Waals surface area (Å²) in [6.45, 7) is 9.23. The maximum absolute atomic E-state index is 2.53. The first-order valence-electron chi connectivity index (χ1n) is 24.7. The van der Waals surface area contributed by atoms with E-state index < -0.39 is 0 Å². The zero-order valence-electron chi connectivity index (χ0n) is 38.8. The van der Waals surface area contributed by atoms with Gasteiger partial charge >= 0.3 is 0 Å². The first-order chi connectivity index (χ1) is 31.6. The molecule has 0 aliphatic rings. The third-order valence-corrected chi connectivity index (χ3v) is 20.1. The van der Waals surface area contributed by atoms with E-state index in [1.165, 1.54) is 208 Å². The number of unbranched alkanes of at least 4 members (excludes halogenated alkanes) is 12. The normalized spacial score (nSPS) is 11.8. The lowest BCUT2D eigenvalue weighted by Gasteiger charge is -2.05. The lowest BCUT2D eigenvalue weighted by atomic mass is 10.0. The van der Waals surface area contributed by atoms with Gasteiger partial charge in [0.15, 0.2) is 0 Å². The van der Waals surface area contributed by atoms with Crippen molar-refractivity contribution in [1.82, 2.24) is 0 Å². The van der Waals surface area contributed by atoms with Crippen LogP contribution in [0.1, 0.15) is 153 Å². The van der Waals surface area contributed by atoms with Gasteiger partial charge in [0.05, 0.1) is 0 Å². The molecule has 0 saturated heterocycles. The van der Waals surface area contributed by atoms with E-state index >= 15 is 0 Å². The number of thiophene rings is 6. The Hall–Kier alpha value is -3.10. The molecule has 2 aromatic carbocycles. The van der Waals surface area contributed by atoms with E-state index in [1.54, 1.807) is 0 Å². The van der Waals surface area contributed by atoms with E-state index in [9.17, 15) is 0 Å². The molecule has 0 spiro atoms. The van der Waals surface area contributed by atoms with Crippen molar-refractivity contribution in [1.29, 1.82) is 0 Å². The highest BCUT2D eigenvalue weighted by atomic mass is 32.1. The van der Waals surface area contributed by atoms with Gasteiger partial charge in [-0.2, -0.15) is 0 Å². The maximum Gasteiger partial charge on any atom is 0.0481 e. The van der Waals surface area contributed by atoms with Crippen LogP contribution in [0.3, 0.4) is 0 Å². The molecule has 6 heterocycles. The molecular weight excluding hydrogens is 889 g/mol. The van der Waals surface area contributed by atoms with Gasteiger partial charge in [-0.25, -0.2) is 0 Å². The lowest BCUT2D eigenvalue weighted by molar-refractivity contribution is 0.668. The zero-order valence-corrected chi connectivity index (χ0v) is 43.7. The highest BCUT2D eigenvalue weighted by Crippen LogP contribution is 2.48. The van der Waals surface area contributed by atoms with Crippen LogP contribution in [-0.4, -0.2) is 0 Å². The van der Waals surface area contributed by atoms with E-state index in [0.29, 0.717) is 0 Å². The molecule has 6 aromatic heterocycles. The van der Waals surface area contributed by atoms with Crippen molar-refractivity contribution in [2.45, 2.75) is 156 Å². The predicted molar refractivity (Wildman–Crippen MR) is 295 cm³/mol. The molecule has 8 aromatic rings. The summed E-state index contributed by atoms with van der Waals surface area (Å²) in [6.07, 6.45) is 25.5. The molecular formula is C58H68S6. The minimum absolute atomic E-state index is 1.15. The Kier molecular flexibility index (Phi) is 17.8. The predicted octanol–water partition coefficient (Wildman–Crippen LogP) is 21.7. The van der Waals surface area contributed by atoms with Crippen LogP contribution in [-0.2, 0) is 25.7 Å². The fourth-order valence-electron chi connectivity index (χ4n) is 9.11. The Morgan fingerprint density at radius 2 is 0.656 bits per heavy atom. The fourth-order valence-corrected chi connectivity index (χ4v) is 16.1. The summed E-state index contributed by atoms with van der Waals surface area (Å²) in [6, 6.07) is 33.8. The van der Waals surface area contributed by atoms with Crippen LogP contribution in [0.25, 0.3) is 70.7 Å². The van der Waals surface area contributed by atoms with E-state index in [2.05, 4.69) is 123 Å². The van der Waals surface area contributed by atoms with Gasteiger partial charge < -0.3 is 0 Å². The number of fused-ring (bicyclic) bond motifs is 1. The standard InChI is InChI=1S/C58H68S6/c1-5-9-13-17-21-41-33-35-59-55(41)49-29-31-51(61-49)57-47(23-19-15-11-7-3)39-53(63-57)45-27-25-44-38-46(28-26-43(44)37-45)54-40-48(24-20-16-12-8-4)58(64-54)52-32-30-50(62-52)56-42(34-36-60-56)22-18-14-10-6-2/h25-40H,5-24H2,1-4H3. The average molecular weight is 958 g/mol. The molecule has 0 radical (unpaired) electrons. The second-order valence-electron chi connectivity index (χ2n) is 17.8. The first-order valence-corrected chi connectivity index (χ1v) is 29.7. The van der Waals surface area contributed by atoms with Crippen LogP contribution < -0.4 is 0 Å². The molecule has 0 nitrogen and oxygen atoms in total. The highest BCUT2D eigenvalue weighted by Gasteiger charge is 2.19. The number of rotatable bonds is 26. The Bertz CT molecular complexity index is 2460. The van der Waals surface area contributed by atoms with E-state index in [1.807, 2.05) is 68.0 Å². The molecule has 336 valence electrons. The van der Waals surface area contributed by atoms with Crippen LogP contribution in [0.4, 0.5) is 0 Å². The molecule has 0 saturated carbocycles. The summed E-state index contributed by atoms with van der Waals surface area (Å²) in [5, 5.41) is 7.25. The second-order valence-corrected chi connectivity index (χ2v) is 23.9. The van der Waals surface area contributed by atoms with Crippen molar-refractivity contribution in [2.75, 3.05) is 0 Å². The van der Waals surface area contributed by atoms with Gasteiger partial charge in [-0.3, -0.25) is 0 Å². The molecule has 0 N–H and O–H groups in total. The van der Waals surface area contributed by atoms with Gasteiger partial charge in [-0.1, -0.05) is 129 Å². The summed E-state index contributed by atoms with van der Waals surface area (Å²) in [4.78, 5) is 14.5. The summed E-state index contributed by atoms with van der Waals surface area (Å²) >= 11 is 11.9. The van der Waals surface area contributed by atoms with Gasteiger partial charge in [-0.05, 0) is 167 Å². The zero-order chi connectivity index (χ0) is 44.1. The molecule has 64 heavy (non-hydrogen) atoms. The Morgan fingerprint density at radius 1 is 0.297 bits per heavy atom. The second kappa shape index (κ2) is 24.1. The first kappa shape index (κ1) is 47.4. The molecule has 0 amide bonds. The SMILES string of the molecule is CCCCCCc1ccsc1-c1ccc(-c2sc(-c3ccc4cc(-c5cc(CCCCCC)c(-c6ccc(-c7sccc7CCCCCC)s6)s5)ccc4c3)cc2CCCCCC)s1. The summed E-state index contributed by atoms with van der Waals surface area (Å²) < 4.78 is 0. The summed E-state index contributed by atoms with van der Waals surface area (Å²) in [7, 11) is 0. The molecule has 0 fully saturated rings. The van der Waals surface area contributed by atoms with Gasteiger partial charge in [0.1, 0.15) is 0 Å². The minimum Gasteiger partial charge on any atom is -0.143 e. The van der Waals surface area contributed by atoms with Crippen molar-refractivity contribution in [3.63, 3.8) is 0 Å². The average Bonchev–Trinajstić information content (AvgIpc) is 4.18. The molecule has 0 aliphatic heterocycles. The quantitative estimate of drug-likeness (QED) is 0.0475. The summed E-state index contributed by atoms with van der Waals surface area (Å²) in [5.41, 5.74) is 8.81. The van der Waals surface area contributed by atoms with E-state index in [-0.39, 0.29) is 0 Å². The Morgan fingerprint density at radius 3 is 1.03 bits per heavy atom. The largest absolute Gasteiger partial charge is 0.143 e. The molecule has 0 bridgehead atoms.